The van der Waals surface area contributed by atoms with Gasteiger partial charge in [-0.3, -0.25) is 9.78 Å². The van der Waals surface area contributed by atoms with Crippen molar-refractivity contribution in [2.75, 3.05) is 18.0 Å². The van der Waals surface area contributed by atoms with Crippen molar-refractivity contribution in [3.8, 4) is 0 Å². The Morgan fingerprint density at radius 1 is 1.30 bits per heavy atom. The molecule has 1 aliphatic rings. The first-order valence-corrected chi connectivity index (χ1v) is 9.73. The van der Waals surface area contributed by atoms with Crippen molar-refractivity contribution < 1.29 is 9.21 Å². The molecule has 3 heterocycles. The Hall–Kier alpha value is -2.06. The van der Waals surface area contributed by atoms with E-state index in [0.29, 0.717) is 36.3 Å². The second kappa shape index (κ2) is 10.8. The summed E-state index contributed by atoms with van der Waals surface area (Å²) in [5.74, 6) is -0.103. The molecule has 1 aromatic carbocycles. The van der Waals surface area contributed by atoms with E-state index >= 15 is 0 Å². The lowest BCUT2D eigenvalue weighted by atomic mass is 9.97. The molecule has 0 saturated carbocycles. The van der Waals surface area contributed by atoms with Gasteiger partial charge in [-0.25, -0.2) is 0 Å². The van der Waals surface area contributed by atoms with E-state index in [2.05, 4.69) is 15.3 Å². The van der Waals surface area contributed by atoms with Gasteiger partial charge in [-0.05, 0) is 48.7 Å². The quantitative estimate of drug-likeness (QED) is 0.587. The van der Waals surface area contributed by atoms with Crippen molar-refractivity contribution in [2.24, 2.45) is 11.7 Å². The number of hydrogen-bond donors (Lipinski definition) is 2. The van der Waals surface area contributed by atoms with Crippen LogP contribution in [0.2, 0.25) is 5.02 Å². The van der Waals surface area contributed by atoms with Crippen LogP contribution in [0.1, 0.15) is 24.1 Å². The maximum absolute atomic E-state index is 12.7. The summed E-state index contributed by atoms with van der Waals surface area (Å²) in [5.41, 5.74) is 8.87. The molecule has 1 atom stereocenters. The number of carbonyl (C=O) groups is 1. The highest BCUT2D eigenvalue weighted by Gasteiger charge is 2.28. The summed E-state index contributed by atoms with van der Waals surface area (Å²) in [6, 6.07) is 9.69. The maximum atomic E-state index is 12.7. The number of nitrogens with one attached hydrogen (secondary N) is 1. The second-order valence-corrected chi connectivity index (χ2v) is 7.41. The largest absolute Gasteiger partial charge is 0.423 e. The van der Waals surface area contributed by atoms with Crippen LogP contribution in [-0.2, 0) is 17.9 Å². The molecule has 10 heteroatoms. The van der Waals surface area contributed by atoms with Gasteiger partial charge in [0.1, 0.15) is 5.52 Å². The molecule has 2 aromatic heterocycles. The highest BCUT2D eigenvalue weighted by molar-refractivity contribution is 6.31. The molecule has 4 rings (SSSR count). The fraction of sp³-hybridized carbons (Fsp3) is 0.350. The number of halogens is 3. The van der Waals surface area contributed by atoms with E-state index < -0.39 is 0 Å². The number of aromatic nitrogens is 2. The predicted molar refractivity (Wildman–Crippen MR) is 122 cm³/mol. The lowest BCUT2D eigenvalue weighted by Gasteiger charge is -2.30. The molecule has 1 unspecified atom stereocenters. The zero-order valence-electron chi connectivity index (χ0n) is 16.2. The first kappa shape index (κ1) is 24.2. The first-order valence-electron chi connectivity index (χ1n) is 9.35. The lowest BCUT2D eigenvalue weighted by molar-refractivity contribution is -0.125. The Kier molecular flexibility index (Phi) is 8.73. The third-order valence-electron chi connectivity index (χ3n) is 4.96. The number of anilines is 1. The van der Waals surface area contributed by atoms with Gasteiger partial charge in [-0.2, -0.15) is 4.98 Å². The Labute approximate surface area is 192 Å². The summed E-state index contributed by atoms with van der Waals surface area (Å²) in [6.45, 7) is 2.23. The van der Waals surface area contributed by atoms with E-state index in [9.17, 15) is 4.79 Å². The summed E-state index contributed by atoms with van der Waals surface area (Å²) in [7, 11) is 0. The van der Waals surface area contributed by atoms with E-state index in [4.69, 9.17) is 21.8 Å². The topological polar surface area (TPSA) is 97.3 Å². The molecule has 0 radical (unpaired) electrons. The van der Waals surface area contributed by atoms with Crippen LogP contribution in [0.4, 0.5) is 6.01 Å². The molecule has 0 spiro atoms. The van der Waals surface area contributed by atoms with Crippen molar-refractivity contribution in [3.05, 3.63) is 52.8 Å². The average molecular weight is 473 g/mol. The summed E-state index contributed by atoms with van der Waals surface area (Å²) >= 11 is 6.02. The van der Waals surface area contributed by atoms with Gasteiger partial charge in [-0.1, -0.05) is 11.6 Å². The molecule has 3 aromatic rings. The van der Waals surface area contributed by atoms with Gasteiger partial charge in [0.15, 0.2) is 5.58 Å². The van der Waals surface area contributed by atoms with Gasteiger partial charge in [0.05, 0.1) is 18.2 Å². The molecule has 3 N–H and O–H groups in total. The number of oxazole rings is 1. The number of pyridine rings is 1. The van der Waals surface area contributed by atoms with Crippen molar-refractivity contribution in [1.29, 1.82) is 0 Å². The standard InChI is InChI=1S/C20H22ClN5O2.2ClH/c21-15-3-4-18-17(9-15)25-20(28-18)26-7-1-2-14(12-26)19(27)24-11-16-8-13(10-22)5-6-23-16;;/h3-6,8-9,14H,1-2,7,10-12,22H2,(H,24,27);2*1H. The molecular weight excluding hydrogens is 449 g/mol. The molecule has 1 saturated heterocycles. The minimum Gasteiger partial charge on any atom is -0.423 e. The van der Waals surface area contributed by atoms with E-state index in [1.807, 2.05) is 23.1 Å². The fourth-order valence-corrected chi connectivity index (χ4v) is 3.63. The Bertz CT molecular complexity index is 997. The first-order chi connectivity index (χ1) is 13.6. The van der Waals surface area contributed by atoms with Crippen LogP contribution in [0.5, 0.6) is 0 Å². The summed E-state index contributed by atoms with van der Waals surface area (Å²) in [4.78, 5) is 23.5. The molecular formula is C20H24Cl3N5O2. The monoisotopic (exact) mass is 471 g/mol. The average Bonchev–Trinajstić information content (AvgIpc) is 3.15. The number of hydrogen-bond acceptors (Lipinski definition) is 6. The maximum Gasteiger partial charge on any atom is 0.298 e. The molecule has 1 aliphatic heterocycles. The van der Waals surface area contributed by atoms with Crippen LogP contribution >= 0.6 is 36.4 Å². The van der Waals surface area contributed by atoms with Crippen LogP contribution in [0.15, 0.2) is 40.9 Å². The molecule has 1 amide bonds. The van der Waals surface area contributed by atoms with Crippen molar-refractivity contribution in [2.45, 2.75) is 25.9 Å². The van der Waals surface area contributed by atoms with Gasteiger partial charge in [0.25, 0.3) is 6.01 Å². The van der Waals surface area contributed by atoms with Gasteiger partial charge in [0, 0.05) is 30.9 Å². The summed E-state index contributed by atoms with van der Waals surface area (Å²) in [5, 5.41) is 3.61. The summed E-state index contributed by atoms with van der Waals surface area (Å²) in [6.07, 6.45) is 3.45. The number of nitrogens with zero attached hydrogens (tertiary/aromatic N) is 3. The van der Waals surface area contributed by atoms with E-state index in [1.165, 1.54) is 0 Å². The van der Waals surface area contributed by atoms with Crippen molar-refractivity contribution in [3.63, 3.8) is 0 Å². The molecule has 0 bridgehead atoms. The Balaban J connectivity index is 0.00000160. The Morgan fingerprint density at radius 3 is 2.93 bits per heavy atom. The molecule has 30 heavy (non-hydrogen) atoms. The van der Waals surface area contributed by atoms with Gasteiger partial charge < -0.3 is 20.4 Å². The smallest absolute Gasteiger partial charge is 0.298 e. The fourth-order valence-electron chi connectivity index (χ4n) is 3.46. The van der Waals surface area contributed by atoms with E-state index in [0.717, 1.165) is 36.2 Å². The number of amides is 1. The van der Waals surface area contributed by atoms with Crippen LogP contribution in [0, 0.1) is 5.92 Å². The van der Waals surface area contributed by atoms with E-state index in [-0.39, 0.29) is 36.6 Å². The molecule has 162 valence electrons. The number of benzene rings is 1. The van der Waals surface area contributed by atoms with Crippen LogP contribution in [0.3, 0.4) is 0 Å². The predicted octanol–water partition coefficient (Wildman–Crippen LogP) is 3.71. The summed E-state index contributed by atoms with van der Waals surface area (Å²) < 4.78 is 5.85. The van der Waals surface area contributed by atoms with Gasteiger partial charge >= 0.3 is 0 Å². The lowest BCUT2D eigenvalue weighted by Crippen LogP contribution is -2.43. The molecule has 7 nitrogen and oxygen atoms in total. The number of carbonyl (C=O) groups excluding carboxylic acids is 1. The van der Waals surface area contributed by atoms with Crippen LogP contribution < -0.4 is 16.0 Å². The highest BCUT2D eigenvalue weighted by Crippen LogP contribution is 2.28. The number of piperidine rings is 1. The molecule has 1 fully saturated rings. The Morgan fingerprint density at radius 2 is 2.13 bits per heavy atom. The normalized spacial score (nSPS) is 15.9. The number of nitrogens with two attached hydrogens (primary N) is 1. The van der Waals surface area contributed by atoms with Crippen molar-refractivity contribution >= 4 is 59.4 Å². The van der Waals surface area contributed by atoms with E-state index in [1.54, 1.807) is 18.3 Å². The second-order valence-electron chi connectivity index (χ2n) is 6.97. The third kappa shape index (κ3) is 5.55. The van der Waals surface area contributed by atoms with Crippen LogP contribution in [-0.4, -0.2) is 29.0 Å². The SMILES string of the molecule is Cl.Cl.NCc1ccnc(CNC(=O)C2CCCN(c3nc4cc(Cl)ccc4o3)C2)c1. The van der Waals surface area contributed by atoms with Gasteiger partial charge in [0.2, 0.25) is 5.91 Å². The molecule has 0 aliphatic carbocycles. The minimum atomic E-state index is -0.120. The zero-order chi connectivity index (χ0) is 19.5. The minimum absolute atomic E-state index is 0. The van der Waals surface area contributed by atoms with Crippen LogP contribution in [0.25, 0.3) is 11.1 Å². The highest BCUT2D eigenvalue weighted by atomic mass is 35.5. The van der Waals surface area contributed by atoms with Gasteiger partial charge in [-0.15, -0.1) is 24.8 Å². The van der Waals surface area contributed by atoms with Crippen molar-refractivity contribution in [1.82, 2.24) is 15.3 Å². The number of fused-ring (bicyclic) bond motifs is 1. The zero-order valence-corrected chi connectivity index (χ0v) is 18.6. The number of rotatable bonds is 5. The third-order valence-corrected chi connectivity index (χ3v) is 5.20.